The fraction of sp³-hybridized carbons (Fsp3) is 0.500. The Morgan fingerprint density at radius 2 is 2.09 bits per heavy atom. The number of hydrogen-bond donors (Lipinski definition) is 2. The van der Waals surface area contributed by atoms with Crippen LogP contribution < -0.4 is 10.2 Å². The number of quaternary nitrogens is 1. The number of nitro benzene ring substituents is 1. The molecule has 0 aliphatic carbocycles. The molecular weight excluding hydrogens is 293 g/mol. The van der Waals surface area contributed by atoms with Gasteiger partial charge in [0.15, 0.2) is 6.54 Å². The van der Waals surface area contributed by atoms with Crippen molar-refractivity contribution in [2.24, 2.45) is 0 Å². The molecule has 0 radical (unpaired) electrons. The van der Waals surface area contributed by atoms with Crippen molar-refractivity contribution in [2.45, 2.75) is 26.1 Å². The van der Waals surface area contributed by atoms with Crippen LogP contribution in [0.15, 0.2) is 18.2 Å². The number of carbonyl (C=O) groups is 1. The number of nitro groups is 1. The standard InChI is InChI=1S/C14H18FN3O4/c1-9-6-17(7-10(2)22-9)8-14(19)16-12-4-3-11(15)5-13(12)18(20)21/h3-5,9-10H,6-8H2,1-2H3,(H,16,19)/p+1/t9-,10-/m0/s1. The molecule has 1 heterocycles. The van der Waals surface area contributed by atoms with Gasteiger partial charge in [0.2, 0.25) is 0 Å². The summed E-state index contributed by atoms with van der Waals surface area (Å²) in [5.74, 6) is -1.06. The van der Waals surface area contributed by atoms with Crippen LogP contribution in [0, 0.1) is 15.9 Å². The average molecular weight is 312 g/mol. The Balaban J connectivity index is 2.02. The van der Waals surface area contributed by atoms with Gasteiger partial charge < -0.3 is 15.0 Å². The molecule has 1 aliphatic rings. The number of nitrogens with zero attached hydrogens (tertiary/aromatic N) is 1. The molecule has 22 heavy (non-hydrogen) atoms. The fourth-order valence-electron chi connectivity index (χ4n) is 2.72. The number of benzene rings is 1. The van der Waals surface area contributed by atoms with Gasteiger partial charge in [-0.15, -0.1) is 0 Å². The zero-order chi connectivity index (χ0) is 16.3. The third-order valence-electron chi connectivity index (χ3n) is 3.46. The topological polar surface area (TPSA) is 85.9 Å². The van der Waals surface area contributed by atoms with E-state index in [2.05, 4.69) is 5.32 Å². The first-order chi connectivity index (χ1) is 10.3. The van der Waals surface area contributed by atoms with E-state index in [1.165, 1.54) is 6.07 Å². The highest BCUT2D eigenvalue weighted by Gasteiger charge is 2.27. The van der Waals surface area contributed by atoms with Crippen LogP contribution in [-0.2, 0) is 9.53 Å². The summed E-state index contributed by atoms with van der Waals surface area (Å²) in [7, 11) is 0. The van der Waals surface area contributed by atoms with Crippen LogP contribution in [-0.4, -0.2) is 42.7 Å². The van der Waals surface area contributed by atoms with Crippen LogP contribution in [0.2, 0.25) is 0 Å². The monoisotopic (exact) mass is 312 g/mol. The predicted octanol–water partition coefficient (Wildman–Crippen LogP) is 0.365. The highest BCUT2D eigenvalue weighted by Crippen LogP contribution is 2.24. The van der Waals surface area contributed by atoms with Crippen molar-refractivity contribution < 1.29 is 23.7 Å². The van der Waals surface area contributed by atoms with Crippen LogP contribution in [0.5, 0.6) is 0 Å². The number of ether oxygens (including phenoxy) is 1. The molecule has 0 saturated carbocycles. The van der Waals surface area contributed by atoms with Crippen LogP contribution in [0.3, 0.4) is 0 Å². The van der Waals surface area contributed by atoms with Crippen molar-refractivity contribution >= 4 is 17.3 Å². The molecule has 120 valence electrons. The number of amides is 1. The molecule has 0 spiro atoms. The Morgan fingerprint density at radius 3 is 2.68 bits per heavy atom. The number of halogens is 1. The fourth-order valence-corrected chi connectivity index (χ4v) is 2.72. The summed E-state index contributed by atoms with van der Waals surface area (Å²) in [6.45, 7) is 5.47. The Bertz CT molecular complexity index is 571. The Kier molecular flexibility index (Phi) is 5.04. The van der Waals surface area contributed by atoms with Crippen molar-refractivity contribution in [2.75, 3.05) is 25.0 Å². The second-order valence-electron chi connectivity index (χ2n) is 5.56. The van der Waals surface area contributed by atoms with Crippen molar-refractivity contribution in [3.8, 4) is 0 Å². The highest BCUT2D eigenvalue weighted by atomic mass is 19.1. The Labute approximate surface area is 127 Å². The number of rotatable bonds is 4. The summed E-state index contributed by atoms with van der Waals surface area (Å²) >= 11 is 0. The Morgan fingerprint density at radius 1 is 1.45 bits per heavy atom. The molecule has 1 amide bonds. The van der Waals surface area contributed by atoms with E-state index in [0.717, 1.165) is 17.0 Å². The molecule has 0 unspecified atom stereocenters. The molecule has 7 nitrogen and oxygen atoms in total. The van der Waals surface area contributed by atoms with Gasteiger partial charge in [-0.2, -0.15) is 0 Å². The van der Waals surface area contributed by atoms with Gasteiger partial charge in [-0.1, -0.05) is 0 Å². The minimum absolute atomic E-state index is 0.00477. The van der Waals surface area contributed by atoms with Crippen LogP contribution in [0.1, 0.15) is 13.8 Å². The maximum Gasteiger partial charge on any atom is 0.295 e. The van der Waals surface area contributed by atoms with E-state index in [1.54, 1.807) is 0 Å². The van der Waals surface area contributed by atoms with E-state index in [1.807, 2.05) is 13.8 Å². The van der Waals surface area contributed by atoms with E-state index in [4.69, 9.17) is 4.74 Å². The maximum absolute atomic E-state index is 13.1. The smallest absolute Gasteiger partial charge is 0.295 e. The zero-order valence-electron chi connectivity index (χ0n) is 12.5. The quantitative estimate of drug-likeness (QED) is 0.621. The lowest BCUT2D eigenvalue weighted by molar-refractivity contribution is -0.907. The van der Waals surface area contributed by atoms with E-state index in [0.29, 0.717) is 13.1 Å². The second-order valence-corrected chi connectivity index (χ2v) is 5.56. The Hall–Kier alpha value is -2.06. The second kappa shape index (κ2) is 6.80. The normalized spacial score (nSPS) is 24.8. The van der Waals surface area contributed by atoms with Gasteiger partial charge in [0.1, 0.15) is 36.8 Å². The van der Waals surface area contributed by atoms with Gasteiger partial charge in [-0.05, 0) is 26.0 Å². The first-order valence-electron chi connectivity index (χ1n) is 7.08. The maximum atomic E-state index is 13.1. The minimum atomic E-state index is -0.718. The van der Waals surface area contributed by atoms with Crippen molar-refractivity contribution in [3.05, 3.63) is 34.1 Å². The molecular formula is C14H19FN3O4+. The van der Waals surface area contributed by atoms with E-state index in [-0.39, 0.29) is 30.3 Å². The lowest BCUT2D eigenvalue weighted by Crippen LogP contribution is -3.16. The molecule has 1 aliphatic heterocycles. The summed E-state index contributed by atoms with van der Waals surface area (Å²) < 4.78 is 18.7. The van der Waals surface area contributed by atoms with Crippen LogP contribution >= 0.6 is 0 Å². The number of anilines is 1. The third kappa shape index (κ3) is 4.22. The molecule has 1 fully saturated rings. The van der Waals surface area contributed by atoms with Gasteiger partial charge >= 0.3 is 0 Å². The van der Waals surface area contributed by atoms with E-state index < -0.39 is 16.4 Å². The molecule has 0 bridgehead atoms. The van der Waals surface area contributed by atoms with Crippen molar-refractivity contribution in [1.29, 1.82) is 0 Å². The zero-order valence-corrected chi connectivity index (χ0v) is 12.5. The molecule has 1 saturated heterocycles. The van der Waals surface area contributed by atoms with Crippen molar-refractivity contribution in [3.63, 3.8) is 0 Å². The lowest BCUT2D eigenvalue weighted by Gasteiger charge is -2.31. The third-order valence-corrected chi connectivity index (χ3v) is 3.46. The highest BCUT2D eigenvalue weighted by molar-refractivity contribution is 5.93. The molecule has 2 rings (SSSR count). The summed E-state index contributed by atoms with van der Waals surface area (Å²) in [6, 6.07) is 3.07. The van der Waals surface area contributed by atoms with Gasteiger partial charge in [0.25, 0.3) is 11.6 Å². The lowest BCUT2D eigenvalue weighted by atomic mass is 10.2. The summed E-state index contributed by atoms with van der Waals surface area (Å²) in [5, 5.41) is 13.4. The van der Waals surface area contributed by atoms with Crippen molar-refractivity contribution in [1.82, 2.24) is 0 Å². The molecule has 1 aromatic rings. The minimum Gasteiger partial charge on any atom is -0.364 e. The molecule has 1 aromatic carbocycles. The molecule has 8 heteroatoms. The number of nitrogens with one attached hydrogen (secondary N) is 2. The average Bonchev–Trinajstić information content (AvgIpc) is 2.39. The molecule has 2 N–H and O–H groups in total. The SMILES string of the molecule is C[C@H]1C[NH+](CC(=O)Nc2ccc(F)cc2[N+](=O)[O-])C[C@H](C)O1. The van der Waals surface area contributed by atoms with E-state index in [9.17, 15) is 19.3 Å². The first-order valence-corrected chi connectivity index (χ1v) is 7.08. The predicted molar refractivity (Wildman–Crippen MR) is 77.3 cm³/mol. The molecule has 0 aromatic heterocycles. The number of hydrogen-bond acceptors (Lipinski definition) is 4. The van der Waals surface area contributed by atoms with Gasteiger partial charge in [-0.25, -0.2) is 4.39 Å². The first kappa shape index (κ1) is 16.3. The van der Waals surface area contributed by atoms with Gasteiger partial charge in [0, 0.05) is 0 Å². The number of morpholine rings is 1. The summed E-state index contributed by atoms with van der Waals surface area (Å²) in [4.78, 5) is 23.3. The van der Waals surface area contributed by atoms with Gasteiger partial charge in [0.05, 0.1) is 11.0 Å². The number of carbonyl (C=O) groups excluding carboxylic acids is 1. The van der Waals surface area contributed by atoms with Gasteiger partial charge in [-0.3, -0.25) is 14.9 Å². The molecule has 2 atom stereocenters. The summed E-state index contributed by atoms with van der Waals surface area (Å²) in [6.07, 6.45) is 0.124. The van der Waals surface area contributed by atoms with E-state index >= 15 is 0 Å². The largest absolute Gasteiger partial charge is 0.364 e. The summed E-state index contributed by atoms with van der Waals surface area (Å²) in [5.41, 5.74) is -0.447. The van der Waals surface area contributed by atoms with Crippen LogP contribution in [0.25, 0.3) is 0 Å². The van der Waals surface area contributed by atoms with Crippen LogP contribution in [0.4, 0.5) is 15.8 Å².